The minimum atomic E-state index is -0.933. The number of halogens is 3. The lowest BCUT2D eigenvalue weighted by Crippen LogP contribution is -2.51. The molecule has 0 aliphatic carbocycles. The van der Waals surface area contributed by atoms with E-state index in [1.165, 1.54) is 5.56 Å². The molecule has 1 aliphatic heterocycles. The van der Waals surface area contributed by atoms with Gasteiger partial charge in [0, 0.05) is 73.4 Å². The second kappa shape index (κ2) is 15.4. The highest BCUT2D eigenvalue weighted by Gasteiger charge is 2.35. The number of para-hydroxylation sites is 1. The fourth-order valence-corrected chi connectivity index (χ4v) is 5.48. The largest absolute Gasteiger partial charge is 0.361 e. The molecule has 4 aromatic rings. The second-order valence-corrected chi connectivity index (χ2v) is 10.5. The number of hydrogen-bond donors (Lipinski definition) is 3. The number of carbonyl (C=O) groups is 2. The van der Waals surface area contributed by atoms with E-state index in [-0.39, 0.29) is 49.5 Å². The predicted octanol–water partition coefficient (Wildman–Crippen LogP) is 5.13. The summed E-state index contributed by atoms with van der Waals surface area (Å²) in [7, 11) is 0. The molecule has 1 aromatic heterocycles. The molecular formula is C31H36Cl3N5O2. The van der Waals surface area contributed by atoms with E-state index < -0.39 is 12.1 Å². The number of nitrogens with two attached hydrogens (primary N) is 1. The Morgan fingerprint density at radius 3 is 2.29 bits per heavy atom. The van der Waals surface area contributed by atoms with Crippen LogP contribution in [0.5, 0.6) is 0 Å². The van der Waals surface area contributed by atoms with E-state index in [2.05, 4.69) is 44.4 Å². The fourth-order valence-electron chi connectivity index (χ4n) is 5.28. The zero-order valence-electron chi connectivity index (χ0n) is 22.7. The van der Waals surface area contributed by atoms with Crippen LogP contribution in [0, 0.1) is 0 Å². The van der Waals surface area contributed by atoms with E-state index in [4.69, 9.17) is 17.3 Å². The first-order valence-corrected chi connectivity index (χ1v) is 13.7. The summed E-state index contributed by atoms with van der Waals surface area (Å²) in [5.74, 6) is -0.426. The molecule has 2 heterocycles. The highest BCUT2D eigenvalue weighted by atomic mass is 35.5. The molecule has 41 heavy (non-hydrogen) atoms. The maximum atomic E-state index is 13.9. The number of aromatic nitrogens is 1. The van der Waals surface area contributed by atoms with Crippen molar-refractivity contribution >= 4 is 59.0 Å². The number of fused-ring (bicyclic) bond motifs is 1. The van der Waals surface area contributed by atoms with Crippen molar-refractivity contribution in [3.63, 3.8) is 0 Å². The molecule has 3 aromatic carbocycles. The van der Waals surface area contributed by atoms with Crippen LogP contribution in [0.2, 0.25) is 5.02 Å². The number of aromatic amines is 1. The number of nitrogens with one attached hydrogen (secondary N) is 2. The summed E-state index contributed by atoms with van der Waals surface area (Å²) in [6, 6.07) is 24.3. The predicted molar refractivity (Wildman–Crippen MR) is 170 cm³/mol. The molecule has 2 unspecified atom stereocenters. The summed E-state index contributed by atoms with van der Waals surface area (Å²) in [6.07, 6.45) is 1.82. The molecule has 4 N–H and O–H groups in total. The first-order valence-electron chi connectivity index (χ1n) is 13.4. The highest BCUT2D eigenvalue weighted by molar-refractivity contribution is 6.31. The van der Waals surface area contributed by atoms with Gasteiger partial charge < -0.3 is 16.0 Å². The molecule has 1 saturated heterocycles. The maximum Gasteiger partial charge on any atom is 0.222 e. The quantitative estimate of drug-likeness (QED) is 0.230. The first-order chi connectivity index (χ1) is 19.0. The molecule has 2 atom stereocenters. The molecule has 1 fully saturated rings. The Morgan fingerprint density at radius 2 is 1.56 bits per heavy atom. The first kappa shape index (κ1) is 32.6. The molecule has 0 saturated carbocycles. The maximum absolute atomic E-state index is 13.9. The van der Waals surface area contributed by atoms with Crippen LogP contribution in [0.1, 0.15) is 29.2 Å². The zero-order chi connectivity index (χ0) is 27.2. The summed E-state index contributed by atoms with van der Waals surface area (Å²) >= 11 is 6.21. The summed E-state index contributed by atoms with van der Waals surface area (Å²) in [5.41, 5.74) is 10.4. The molecule has 10 heteroatoms. The monoisotopic (exact) mass is 615 g/mol. The Bertz CT molecular complexity index is 1420. The van der Waals surface area contributed by atoms with Crippen molar-refractivity contribution in [1.29, 1.82) is 0 Å². The van der Waals surface area contributed by atoms with Crippen molar-refractivity contribution in [3.05, 3.63) is 107 Å². The molecule has 218 valence electrons. The van der Waals surface area contributed by atoms with Crippen LogP contribution in [0.3, 0.4) is 0 Å². The van der Waals surface area contributed by atoms with E-state index in [1.807, 2.05) is 54.7 Å². The summed E-state index contributed by atoms with van der Waals surface area (Å²) in [5, 5.41) is 4.44. The number of rotatable bonds is 10. The average Bonchev–Trinajstić information content (AvgIpc) is 3.38. The molecule has 0 radical (unpaired) electrons. The van der Waals surface area contributed by atoms with Crippen LogP contribution in [-0.2, 0) is 22.7 Å². The van der Waals surface area contributed by atoms with Gasteiger partial charge in [-0.05, 0) is 23.3 Å². The van der Waals surface area contributed by atoms with Gasteiger partial charge in [-0.15, -0.1) is 24.8 Å². The van der Waals surface area contributed by atoms with Crippen LogP contribution in [0.15, 0.2) is 85.1 Å². The lowest BCUT2D eigenvalue weighted by Gasteiger charge is -2.39. The van der Waals surface area contributed by atoms with Gasteiger partial charge in [0.15, 0.2) is 5.78 Å². The molecular weight excluding hydrogens is 581 g/mol. The average molecular weight is 617 g/mol. The lowest BCUT2D eigenvalue weighted by molar-refractivity contribution is -0.130. The van der Waals surface area contributed by atoms with Gasteiger partial charge in [-0.1, -0.05) is 78.3 Å². The van der Waals surface area contributed by atoms with Crippen molar-refractivity contribution < 1.29 is 9.59 Å². The molecule has 5 rings (SSSR count). The smallest absolute Gasteiger partial charge is 0.222 e. The van der Waals surface area contributed by atoms with E-state index in [0.29, 0.717) is 5.02 Å². The van der Waals surface area contributed by atoms with Crippen LogP contribution in [-0.4, -0.2) is 58.7 Å². The Kier molecular flexibility index (Phi) is 12.2. The van der Waals surface area contributed by atoms with Crippen molar-refractivity contribution in [2.45, 2.75) is 31.6 Å². The fraction of sp³-hybridized carbons (Fsp3) is 0.290. The van der Waals surface area contributed by atoms with Crippen molar-refractivity contribution in [3.8, 4) is 0 Å². The SMILES string of the molecule is Cl.Cl.NC(CC(=O)NCc1ccccc1Cl)C(=O)C(c1c[nH]c2ccccc12)N1CCN(Cc2ccccc2)CC1. The minimum absolute atomic E-state index is 0. The normalized spacial score (nSPS) is 15.4. The highest BCUT2D eigenvalue weighted by Crippen LogP contribution is 2.31. The van der Waals surface area contributed by atoms with Gasteiger partial charge in [0.2, 0.25) is 5.91 Å². The van der Waals surface area contributed by atoms with Gasteiger partial charge in [-0.25, -0.2) is 0 Å². The third-order valence-electron chi connectivity index (χ3n) is 7.41. The van der Waals surface area contributed by atoms with Crippen molar-refractivity contribution in [2.75, 3.05) is 26.2 Å². The zero-order valence-corrected chi connectivity index (χ0v) is 25.1. The number of carbonyl (C=O) groups excluding carboxylic acids is 2. The Hall–Kier alpha value is -2.91. The third-order valence-corrected chi connectivity index (χ3v) is 7.78. The van der Waals surface area contributed by atoms with Crippen molar-refractivity contribution in [2.24, 2.45) is 5.73 Å². The van der Waals surface area contributed by atoms with E-state index in [9.17, 15) is 9.59 Å². The Balaban J connectivity index is 0.00000231. The molecule has 0 spiro atoms. The molecule has 0 bridgehead atoms. The van der Waals surface area contributed by atoms with E-state index in [0.717, 1.165) is 54.8 Å². The van der Waals surface area contributed by atoms with Crippen LogP contribution in [0.4, 0.5) is 0 Å². The molecule has 1 amide bonds. The van der Waals surface area contributed by atoms with Crippen molar-refractivity contribution in [1.82, 2.24) is 20.1 Å². The molecule has 7 nitrogen and oxygen atoms in total. The van der Waals surface area contributed by atoms with Gasteiger partial charge in [0.05, 0.1) is 12.1 Å². The minimum Gasteiger partial charge on any atom is -0.361 e. The number of Topliss-reactive ketones (excluding diaryl/α,β-unsaturated/α-hetero) is 1. The van der Waals surface area contributed by atoms with Gasteiger partial charge in [0.1, 0.15) is 0 Å². The topological polar surface area (TPSA) is 94.5 Å². The van der Waals surface area contributed by atoms with Gasteiger partial charge >= 0.3 is 0 Å². The second-order valence-electron chi connectivity index (χ2n) is 10.1. The van der Waals surface area contributed by atoms with E-state index >= 15 is 0 Å². The van der Waals surface area contributed by atoms with Crippen LogP contribution >= 0.6 is 36.4 Å². The van der Waals surface area contributed by atoms with E-state index in [1.54, 1.807) is 6.07 Å². The number of benzene rings is 3. The third kappa shape index (κ3) is 8.10. The number of H-pyrrole nitrogens is 1. The van der Waals surface area contributed by atoms with Gasteiger partial charge in [-0.2, -0.15) is 0 Å². The summed E-state index contributed by atoms with van der Waals surface area (Å²) < 4.78 is 0. The van der Waals surface area contributed by atoms with Gasteiger partial charge in [0.25, 0.3) is 0 Å². The number of nitrogens with zero attached hydrogens (tertiary/aromatic N) is 2. The number of hydrogen-bond acceptors (Lipinski definition) is 5. The number of amides is 1. The molecule has 1 aliphatic rings. The Labute approximate surface area is 258 Å². The standard InChI is InChI=1S/C31H34ClN5O2.2ClH/c32-26-12-6-4-10-23(26)19-35-29(38)18-27(33)31(39)30(25-20-34-28-13-7-5-11-24(25)28)37-16-14-36(15-17-37)21-22-8-2-1-3-9-22;;/h1-13,20,27,30,34H,14-19,21,33H2,(H,35,38);2*1H. The van der Waals surface area contributed by atoms with Crippen LogP contribution < -0.4 is 11.1 Å². The Morgan fingerprint density at radius 1 is 0.902 bits per heavy atom. The van der Waals surface area contributed by atoms with Gasteiger partial charge in [-0.3, -0.25) is 19.4 Å². The van der Waals surface area contributed by atoms with Crippen LogP contribution in [0.25, 0.3) is 10.9 Å². The lowest BCUT2D eigenvalue weighted by atomic mass is 9.93. The number of ketones is 1. The summed E-state index contributed by atoms with van der Waals surface area (Å²) in [4.78, 5) is 34.6. The summed E-state index contributed by atoms with van der Waals surface area (Å²) in [6.45, 7) is 4.31. The number of piperazine rings is 1.